The zero-order chi connectivity index (χ0) is 43.7. The van der Waals surface area contributed by atoms with Crippen LogP contribution >= 0.6 is 7.82 Å². The maximum absolute atomic E-state index is 12.9. The van der Waals surface area contributed by atoms with Crippen molar-refractivity contribution in [3.05, 3.63) is 109 Å². The van der Waals surface area contributed by atoms with E-state index in [1.807, 2.05) is 28.1 Å². The quantitative estimate of drug-likeness (QED) is 0.0244. The standard InChI is InChI=1S/C49H83N2O7P/c1-6-8-10-12-14-16-18-20-21-22-23-24-25-26-27-28-29-30-32-34-36-38-40-42-48(53)50-46(45-58-59(55,56)57-44-43-51(3,4)5)49(54)47(52)41-39-37-35-33-31-19-17-15-13-11-9-7-2/h7-10,14-17,20-21,23-24,26-27,29-30,33,35,46-47,49,52,54H,6,11-13,18-19,22,25,28,31-32,34,36-45H2,1-5H3,(H-,50,53,55,56)/b9-7+,10-8-,16-14-,17-15+,21-20-,24-23-,27-26-,30-29-,35-33+. The highest BCUT2D eigenvalue weighted by atomic mass is 31.2. The van der Waals surface area contributed by atoms with E-state index in [1.54, 1.807) is 0 Å². The average Bonchev–Trinajstić information content (AvgIpc) is 3.19. The molecule has 4 unspecified atom stereocenters. The van der Waals surface area contributed by atoms with Gasteiger partial charge in [-0.2, -0.15) is 0 Å². The molecule has 0 aliphatic rings. The van der Waals surface area contributed by atoms with Gasteiger partial charge in [0.05, 0.1) is 39.9 Å². The summed E-state index contributed by atoms with van der Waals surface area (Å²) in [6.45, 7) is 4.02. The molecule has 0 saturated heterocycles. The van der Waals surface area contributed by atoms with Crippen molar-refractivity contribution >= 4 is 13.7 Å². The summed E-state index contributed by atoms with van der Waals surface area (Å²) in [6, 6.07) is -1.12. The Balaban J connectivity index is 4.58. The van der Waals surface area contributed by atoms with Crippen LogP contribution in [0.3, 0.4) is 0 Å². The third kappa shape index (κ3) is 40.3. The Morgan fingerprint density at radius 2 is 1.10 bits per heavy atom. The number of aliphatic hydroxyl groups excluding tert-OH is 2. The SMILES string of the molecule is C/C=C/CC/C=C/CC/C=C/CCCC(O)C(O)C(COP(=O)([O-])OCC[N+](C)(C)C)NC(=O)CCCCCC/C=C\C/C=C\C/C=C\C/C=C\C/C=C\C/C=C\CC. The minimum Gasteiger partial charge on any atom is -0.756 e. The molecule has 0 radical (unpaired) electrons. The highest BCUT2D eigenvalue weighted by Gasteiger charge is 2.29. The summed E-state index contributed by atoms with van der Waals surface area (Å²) in [7, 11) is 1.05. The number of quaternary nitrogens is 1. The first kappa shape index (κ1) is 56.1. The molecule has 0 bridgehead atoms. The number of likely N-dealkylation sites (N-methyl/N-ethyl adjacent to an activating group) is 1. The molecule has 0 aliphatic carbocycles. The van der Waals surface area contributed by atoms with Crippen molar-refractivity contribution in [1.82, 2.24) is 5.32 Å². The van der Waals surface area contributed by atoms with Crippen LogP contribution in [0.4, 0.5) is 0 Å². The lowest BCUT2D eigenvalue weighted by molar-refractivity contribution is -0.870. The molecule has 0 fully saturated rings. The molecule has 1 amide bonds. The topological polar surface area (TPSA) is 128 Å². The van der Waals surface area contributed by atoms with E-state index in [-0.39, 0.29) is 25.4 Å². The number of phosphoric acid groups is 1. The van der Waals surface area contributed by atoms with Gasteiger partial charge in [0.2, 0.25) is 5.91 Å². The predicted molar refractivity (Wildman–Crippen MR) is 248 cm³/mol. The van der Waals surface area contributed by atoms with E-state index in [4.69, 9.17) is 9.05 Å². The largest absolute Gasteiger partial charge is 0.756 e. The van der Waals surface area contributed by atoms with Crippen molar-refractivity contribution in [3.63, 3.8) is 0 Å². The Kier molecular flexibility index (Phi) is 37.4. The van der Waals surface area contributed by atoms with Crippen molar-refractivity contribution in [2.24, 2.45) is 0 Å². The van der Waals surface area contributed by atoms with E-state index in [1.165, 1.54) is 0 Å². The van der Waals surface area contributed by atoms with Gasteiger partial charge in [-0.1, -0.05) is 129 Å². The third-order valence-electron chi connectivity index (χ3n) is 9.14. The number of hydrogen-bond acceptors (Lipinski definition) is 7. The number of unbranched alkanes of at least 4 members (excludes halogenated alkanes) is 7. The van der Waals surface area contributed by atoms with Crippen LogP contribution in [-0.4, -0.2) is 79.8 Å². The Labute approximate surface area is 360 Å². The minimum atomic E-state index is -4.69. The predicted octanol–water partition coefficient (Wildman–Crippen LogP) is 10.9. The third-order valence-corrected chi connectivity index (χ3v) is 10.1. The molecular weight excluding hydrogens is 760 g/mol. The number of rotatable bonds is 38. The second-order valence-electron chi connectivity index (χ2n) is 15.8. The first-order chi connectivity index (χ1) is 28.4. The van der Waals surface area contributed by atoms with E-state index in [2.05, 4.69) is 122 Å². The number of aliphatic hydroxyl groups is 2. The Hall–Kier alpha value is -2.88. The number of amides is 1. The van der Waals surface area contributed by atoms with Gasteiger partial charge < -0.3 is 34.0 Å². The molecule has 0 rings (SSSR count). The van der Waals surface area contributed by atoms with Crippen LogP contribution < -0.4 is 10.2 Å². The lowest BCUT2D eigenvalue weighted by Crippen LogP contribution is -2.51. The summed E-state index contributed by atoms with van der Waals surface area (Å²) in [5.41, 5.74) is 0. The van der Waals surface area contributed by atoms with Crippen molar-refractivity contribution in [2.75, 3.05) is 40.9 Å². The molecule has 0 aromatic carbocycles. The van der Waals surface area contributed by atoms with Crippen LogP contribution in [0.1, 0.15) is 136 Å². The van der Waals surface area contributed by atoms with Crippen molar-refractivity contribution in [1.29, 1.82) is 0 Å². The molecule has 9 nitrogen and oxygen atoms in total. The van der Waals surface area contributed by atoms with Crippen LogP contribution in [0.15, 0.2) is 109 Å². The number of nitrogens with zero attached hydrogens (tertiary/aromatic N) is 1. The number of carbonyl (C=O) groups is 1. The van der Waals surface area contributed by atoms with Crippen LogP contribution in [0.2, 0.25) is 0 Å². The van der Waals surface area contributed by atoms with E-state index >= 15 is 0 Å². The summed E-state index contributed by atoms with van der Waals surface area (Å²) < 4.78 is 23.1. The van der Waals surface area contributed by atoms with Gasteiger partial charge >= 0.3 is 0 Å². The number of carbonyl (C=O) groups excluding carboxylic acids is 1. The number of phosphoric ester groups is 1. The van der Waals surface area contributed by atoms with E-state index < -0.39 is 32.7 Å². The number of hydrogen-bond donors (Lipinski definition) is 3. The highest BCUT2D eigenvalue weighted by molar-refractivity contribution is 7.45. The van der Waals surface area contributed by atoms with Gasteiger partial charge in [0, 0.05) is 6.42 Å². The van der Waals surface area contributed by atoms with Gasteiger partial charge in [-0.25, -0.2) is 0 Å². The molecule has 3 N–H and O–H groups in total. The van der Waals surface area contributed by atoms with Gasteiger partial charge in [-0.05, 0) is 110 Å². The van der Waals surface area contributed by atoms with E-state index in [0.29, 0.717) is 23.9 Å². The number of nitrogens with one attached hydrogen (secondary N) is 1. The molecule has 0 aromatic heterocycles. The maximum atomic E-state index is 12.9. The fraction of sp³-hybridized carbons (Fsp3) is 0.612. The summed E-state index contributed by atoms with van der Waals surface area (Å²) >= 11 is 0. The van der Waals surface area contributed by atoms with Gasteiger partial charge in [-0.15, -0.1) is 0 Å². The molecule has 0 saturated carbocycles. The average molecular weight is 843 g/mol. The van der Waals surface area contributed by atoms with Crippen LogP contribution in [0.25, 0.3) is 0 Å². The zero-order valence-corrected chi connectivity index (χ0v) is 38.4. The molecule has 0 aliphatic heterocycles. The first-order valence-corrected chi connectivity index (χ1v) is 23.7. The molecule has 4 atom stereocenters. The Morgan fingerprint density at radius 3 is 1.63 bits per heavy atom. The molecule has 336 valence electrons. The summed E-state index contributed by atoms with van der Waals surface area (Å²) in [5, 5.41) is 24.5. The Bertz CT molecular complexity index is 1340. The fourth-order valence-corrected chi connectivity index (χ4v) is 6.31. The van der Waals surface area contributed by atoms with Gasteiger partial charge in [0.15, 0.2) is 0 Å². The fourth-order valence-electron chi connectivity index (χ4n) is 5.59. The molecule has 59 heavy (non-hydrogen) atoms. The minimum absolute atomic E-state index is 0.0626. The summed E-state index contributed by atoms with van der Waals surface area (Å²) in [5.74, 6) is -0.327. The summed E-state index contributed by atoms with van der Waals surface area (Å²) in [4.78, 5) is 25.4. The second kappa shape index (κ2) is 39.3. The summed E-state index contributed by atoms with van der Waals surface area (Å²) in [6.07, 6.45) is 52.9. The zero-order valence-electron chi connectivity index (χ0n) is 37.5. The molecule has 0 aromatic rings. The molecule has 0 spiro atoms. The lowest BCUT2D eigenvalue weighted by Gasteiger charge is -2.31. The van der Waals surface area contributed by atoms with E-state index in [0.717, 1.165) is 96.3 Å². The monoisotopic (exact) mass is 843 g/mol. The Morgan fingerprint density at radius 1 is 0.644 bits per heavy atom. The van der Waals surface area contributed by atoms with Gasteiger partial charge in [0.1, 0.15) is 19.3 Å². The van der Waals surface area contributed by atoms with Crippen LogP contribution in [0.5, 0.6) is 0 Å². The first-order valence-electron chi connectivity index (χ1n) is 22.3. The maximum Gasteiger partial charge on any atom is 0.268 e. The van der Waals surface area contributed by atoms with Gasteiger partial charge in [0.25, 0.3) is 7.82 Å². The second-order valence-corrected chi connectivity index (χ2v) is 17.2. The van der Waals surface area contributed by atoms with Crippen molar-refractivity contribution in [2.45, 2.75) is 154 Å². The van der Waals surface area contributed by atoms with Crippen LogP contribution in [-0.2, 0) is 18.4 Å². The lowest BCUT2D eigenvalue weighted by atomic mass is 10.0. The van der Waals surface area contributed by atoms with E-state index in [9.17, 15) is 24.5 Å². The van der Waals surface area contributed by atoms with Crippen LogP contribution in [0, 0.1) is 0 Å². The smallest absolute Gasteiger partial charge is 0.268 e. The highest BCUT2D eigenvalue weighted by Crippen LogP contribution is 2.38. The van der Waals surface area contributed by atoms with Crippen molar-refractivity contribution < 1.29 is 38.0 Å². The molecule has 0 heterocycles. The molecular formula is C49H83N2O7P. The normalized spacial score (nSPS) is 15.9. The van der Waals surface area contributed by atoms with Crippen molar-refractivity contribution in [3.8, 4) is 0 Å². The van der Waals surface area contributed by atoms with Gasteiger partial charge in [-0.3, -0.25) is 9.36 Å². The number of allylic oxidation sites excluding steroid dienone is 18. The molecule has 10 heteroatoms.